The van der Waals surface area contributed by atoms with E-state index in [-0.39, 0.29) is 0 Å². The van der Waals surface area contributed by atoms with Crippen LogP contribution >= 0.6 is 0 Å². The zero-order valence-corrected chi connectivity index (χ0v) is 12.5. The Balaban J connectivity index is 1.90. The van der Waals surface area contributed by atoms with Crippen LogP contribution in [0, 0.1) is 11.8 Å². The molecule has 1 N–H and O–H groups in total. The Morgan fingerprint density at radius 3 is 2.58 bits per heavy atom. The number of anilines is 1. The molecule has 1 aliphatic rings. The van der Waals surface area contributed by atoms with Gasteiger partial charge in [-0.15, -0.1) is 0 Å². The third kappa shape index (κ3) is 4.45. The highest BCUT2D eigenvalue weighted by atomic mass is 16.5. The van der Waals surface area contributed by atoms with Gasteiger partial charge in [0.2, 0.25) is 0 Å². The van der Waals surface area contributed by atoms with Crippen LogP contribution in [0.3, 0.4) is 0 Å². The Hall–Kier alpha value is -1.18. The largest absolute Gasteiger partial charge is 0.491 e. The van der Waals surface area contributed by atoms with Crippen LogP contribution in [-0.2, 0) is 0 Å². The number of para-hydroxylation sites is 2. The highest BCUT2D eigenvalue weighted by Crippen LogP contribution is 2.32. The summed E-state index contributed by atoms with van der Waals surface area (Å²) in [4.78, 5) is 0. The standard InChI is InChI=1S/C17H27NO/c1-13(2)12-19-17-10-5-4-9-16(17)18-14(3)11-15-7-6-8-15/h4-5,9-10,13-15,18H,6-8,11-12H2,1-3H3. The van der Waals surface area contributed by atoms with E-state index in [1.807, 2.05) is 6.07 Å². The van der Waals surface area contributed by atoms with Gasteiger partial charge in [-0.25, -0.2) is 0 Å². The Labute approximate surface area is 117 Å². The molecule has 0 heterocycles. The first-order valence-corrected chi connectivity index (χ1v) is 7.63. The number of hydrogen-bond acceptors (Lipinski definition) is 2. The molecule has 106 valence electrons. The third-order valence-corrected chi connectivity index (χ3v) is 3.77. The topological polar surface area (TPSA) is 21.3 Å². The first kappa shape index (κ1) is 14.2. The molecule has 0 bridgehead atoms. The average Bonchev–Trinajstić information content (AvgIpc) is 2.33. The first-order valence-electron chi connectivity index (χ1n) is 7.63. The Kier molecular flexibility index (Phi) is 5.12. The van der Waals surface area contributed by atoms with Crippen LogP contribution < -0.4 is 10.1 Å². The van der Waals surface area contributed by atoms with Gasteiger partial charge in [-0.3, -0.25) is 0 Å². The van der Waals surface area contributed by atoms with E-state index < -0.39 is 0 Å². The predicted octanol–water partition coefficient (Wildman–Crippen LogP) is 4.71. The maximum Gasteiger partial charge on any atom is 0.142 e. The lowest BCUT2D eigenvalue weighted by Crippen LogP contribution is -2.23. The van der Waals surface area contributed by atoms with Gasteiger partial charge in [0.1, 0.15) is 5.75 Å². The maximum atomic E-state index is 5.88. The molecular formula is C17H27NO. The molecule has 2 nitrogen and oxygen atoms in total. The molecule has 1 aliphatic carbocycles. The van der Waals surface area contributed by atoms with E-state index in [0.29, 0.717) is 12.0 Å². The zero-order chi connectivity index (χ0) is 13.7. The van der Waals surface area contributed by atoms with E-state index in [0.717, 1.165) is 24.0 Å². The van der Waals surface area contributed by atoms with Gasteiger partial charge in [-0.05, 0) is 37.3 Å². The van der Waals surface area contributed by atoms with Gasteiger partial charge in [-0.2, -0.15) is 0 Å². The number of ether oxygens (including phenoxy) is 1. The molecule has 1 saturated carbocycles. The Morgan fingerprint density at radius 1 is 1.21 bits per heavy atom. The summed E-state index contributed by atoms with van der Waals surface area (Å²) in [5.74, 6) is 2.48. The van der Waals surface area contributed by atoms with E-state index in [2.05, 4.69) is 44.3 Å². The zero-order valence-electron chi connectivity index (χ0n) is 12.5. The number of benzene rings is 1. The van der Waals surface area contributed by atoms with Crippen molar-refractivity contribution in [3.8, 4) is 5.75 Å². The van der Waals surface area contributed by atoms with Crippen LogP contribution in [0.5, 0.6) is 5.75 Å². The lowest BCUT2D eigenvalue weighted by atomic mass is 9.81. The summed E-state index contributed by atoms with van der Waals surface area (Å²) >= 11 is 0. The molecule has 1 aromatic rings. The predicted molar refractivity (Wildman–Crippen MR) is 81.8 cm³/mol. The summed E-state index contributed by atoms with van der Waals surface area (Å²) in [6.07, 6.45) is 5.53. The maximum absolute atomic E-state index is 5.88. The summed E-state index contributed by atoms with van der Waals surface area (Å²) in [6.45, 7) is 7.40. The van der Waals surface area contributed by atoms with Crippen molar-refractivity contribution in [2.45, 2.75) is 52.5 Å². The van der Waals surface area contributed by atoms with Crippen molar-refractivity contribution in [3.63, 3.8) is 0 Å². The molecule has 2 heteroatoms. The minimum atomic E-state index is 0.522. The fourth-order valence-electron chi connectivity index (χ4n) is 2.52. The average molecular weight is 261 g/mol. The van der Waals surface area contributed by atoms with E-state index >= 15 is 0 Å². The van der Waals surface area contributed by atoms with Gasteiger partial charge < -0.3 is 10.1 Å². The molecule has 19 heavy (non-hydrogen) atoms. The first-order chi connectivity index (χ1) is 9.15. The lowest BCUT2D eigenvalue weighted by molar-refractivity contribution is 0.270. The lowest BCUT2D eigenvalue weighted by Gasteiger charge is -2.29. The van der Waals surface area contributed by atoms with Gasteiger partial charge in [0.05, 0.1) is 12.3 Å². The van der Waals surface area contributed by atoms with Crippen molar-refractivity contribution in [1.82, 2.24) is 0 Å². The molecular weight excluding hydrogens is 234 g/mol. The highest BCUT2D eigenvalue weighted by molar-refractivity contribution is 5.56. The summed E-state index contributed by atoms with van der Waals surface area (Å²) in [5.41, 5.74) is 1.13. The highest BCUT2D eigenvalue weighted by Gasteiger charge is 2.20. The normalized spacial score (nSPS) is 17.1. The van der Waals surface area contributed by atoms with Gasteiger partial charge >= 0.3 is 0 Å². The molecule has 2 rings (SSSR count). The summed E-state index contributed by atoms with van der Waals surface area (Å²) in [5, 5.41) is 3.61. The molecule has 1 atom stereocenters. The molecule has 0 aromatic heterocycles. The number of rotatable bonds is 7. The van der Waals surface area contributed by atoms with Crippen LogP contribution in [-0.4, -0.2) is 12.6 Å². The van der Waals surface area contributed by atoms with Crippen LogP contribution in [0.1, 0.15) is 46.5 Å². The SMILES string of the molecule is CC(C)COc1ccccc1NC(C)CC1CCC1. The summed E-state index contributed by atoms with van der Waals surface area (Å²) in [7, 11) is 0. The fourth-order valence-corrected chi connectivity index (χ4v) is 2.52. The van der Waals surface area contributed by atoms with Crippen molar-refractivity contribution in [2.24, 2.45) is 11.8 Å². The van der Waals surface area contributed by atoms with Crippen molar-refractivity contribution in [1.29, 1.82) is 0 Å². The smallest absolute Gasteiger partial charge is 0.142 e. The fraction of sp³-hybridized carbons (Fsp3) is 0.647. The minimum absolute atomic E-state index is 0.522. The van der Waals surface area contributed by atoms with E-state index in [9.17, 15) is 0 Å². The van der Waals surface area contributed by atoms with Crippen LogP contribution in [0.25, 0.3) is 0 Å². The van der Waals surface area contributed by atoms with Crippen molar-refractivity contribution in [3.05, 3.63) is 24.3 Å². The van der Waals surface area contributed by atoms with Gasteiger partial charge in [-0.1, -0.05) is 45.2 Å². The van der Waals surface area contributed by atoms with E-state index in [1.54, 1.807) is 0 Å². The quantitative estimate of drug-likeness (QED) is 0.767. The van der Waals surface area contributed by atoms with Gasteiger partial charge in [0, 0.05) is 6.04 Å². The Morgan fingerprint density at radius 2 is 1.95 bits per heavy atom. The molecule has 0 radical (unpaired) electrons. The van der Waals surface area contributed by atoms with Gasteiger partial charge in [0.15, 0.2) is 0 Å². The monoisotopic (exact) mass is 261 g/mol. The molecule has 0 spiro atoms. The second-order valence-electron chi connectivity index (χ2n) is 6.28. The molecule has 1 fully saturated rings. The molecule has 1 aromatic carbocycles. The number of hydrogen-bond donors (Lipinski definition) is 1. The third-order valence-electron chi connectivity index (χ3n) is 3.77. The van der Waals surface area contributed by atoms with Gasteiger partial charge in [0.25, 0.3) is 0 Å². The van der Waals surface area contributed by atoms with Crippen molar-refractivity contribution < 1.29 is 4.74 Å². The minimum Gasteiger partial charge on any atom is -0.491 e. The molecule has 0 amide bonds. The molecule has 0 aliphatic heterocycles. The van der Waals surface area contributed by atoms with E-state index in [1.165, 1.54) is 25.7 Å². The van der Waals surface area contributed by atoms with Crippen LogP contribution in [0.4, 0.5) is 5.69 Å². The summed E-state index contributed by atoms with van der Waals surface area (Å²) < 4.78 is 5.88. The van der Waals surface area contributed by atoms with Crippen molar-refractivity contribution in [2.75, 3.05) is 11.9 Å². The molecule has 1 unspecified atom stereocenters. The molecule has 0 saturated heterocycles. The van der Waals surface area contributed by atoms with Crippen molar-refractivity contribution >= 4 is 5.69 Å². The van der Waals surface area contributed by atoms with Crippen LogP contribution in [0.15, 0.2) is 24.3 Å². The van der Waals surface area contributed by atoms with E-state index in [4.69, 9.17) is 4.74 Å². The number of nitrogens with one attached hydrogen (secondary N) is 1. The Bertz CT molecular complexity index is 385. The second kappa shape index (κ2) is 6.83. The summed E-state index contributed by atoms with van der Waals surface area (Å²) in [6, 6.07) is 8.81. The van der Waals surface area contributed by atoms with Crippen LogP contribution in [0.2, 0.25) is 0 Å². The second-order valence-corrected chi connectivity index (χ2v) is 6.28.